The van der Waals surface area contributed by atoms with Crippen LogP contribution in [0.4, 0.5) is 0 Å². The van der Waals surface area contributed by atoms with Gasteiger partial charge in [-0.15, -0.1) is 11.6 Å². The number of nitrogens with zero attached hydrogens (tertiary/aromatic N) is 2. The molecule has 0 radical (unpaired) electrons. The molecule has 16 heavy (non-hydrogen) atoms. The summed E-state index contributed by atoms with van der Waals surface area (Å²) in [5.74, 6) is -0.319. The molecule has 0 saturated heterocycles. The van der Waals surface area contributed by atoms with Crippen LogP contribution in [0, 0.1) is 0 Å². The second kappa shape index (κ2) is 7.09. The molecule has 0 aromatic rings. The summed E-state index contributed by atoms with van der Waals surface area (Å²) in [7, 11) is -0.214. The highest BCUT2D eigenvalue weighted by Crippen LogP contribution is 2.04. The van der Waals surface area contributed by atoms with Gasteiger partial charge in [0.2, 0.25) is 15.9 Å². The van der Waals surface area contributed by atoms with Crippen molar-refractivity contribution in [1.82, 2.24) is 9.21 Å². The standard InChI is InChI=1S/C9H19ClN2O3S/c1-4-6-12(8-9(13)11(2)3)16(14,15)7-5-10/h4-8H2,1-3H3. The zero-order valence-corrected chi connectivity index (χ0v) is 11.5. The molecule has 0 aliphatic heterocycles. The minimum Gasteiger partial charge on any atom is -0.348 e. The maximum Gasteiger partial charge on any atom is 0.237 e. The normalized spacial score (nSPS) is 11.8. The molecule has 0 aromatic heterocycles. The van der Waals surface area contributed by atoms with Gasteiger partial charge in [-0.2, -0.15) is 4.31 Å². The summed E-state index contributed by atoms with van der Waals surface area (Å²) in [6, 6.07) is 0. The zero-order valence-electron chi connectivity index (χ0n) is 9.94. The van der Waals surface area contributed by atoms with Gasteiger partial charge in [0.15, 0.2) is 0 Å². The van der Waals surface area contributed by atoms with Crippen LogP contribution in [0.15, 0.2) is 0 Å². The summed E-state index contributed by atoms with van der Waals surface area (Å²) in [6.45, 7) is 2.10. The van der Waals surface area contributed by atoms with E-state index < -0.39 is 10.0 Å². The van der Waals surface area contributed by atoms with Gasteiger partial charge >= 0.3 is 0 Å². The molecule has 0 spiro atoms. The molecule has 1 amide bonds. The smallest absolute Gasteiger partial charge is 0.237 e. The molecular weight excluding hydrogens is 252 g/mol. The number of alkyl halides is 1. The summed E-state index contributed by atoms with van der Waals surface area (Å²) >= 11 is 5.43. The highest BCUT2D eigenvalue weighted by atomic mass is 35.5. The first-order valence-electron chi connectivity index (χ1n) is 5.09. The van der Waals surface area contributed by atoms with Crippen LogP contribution in [0.5, 0.6) is 0 Å². The predicted molar refractivity (Wildman–Crippen MR) is 65.1 cm³/mol. The summed E-state index contributed by atoms with van der Waals surface area (Å²) in [6.07, 6.45) is 0.669. The monoisotopic (exact) mass is 270 g/mol. The first kappa shape index (κ1) is 15.7. The molecule has 0 heterocycles. The Morgan fingerprint density at radius 1 is 1.31 bits per heavy atom. The first-order valence-corrected chi connectivity index (χ1v) is 7.23. The van der Waals surface area contributed by atoms with Crippen molar-refractivity contribution in [2.45, 2.75) is 13.3 Å². The van der Waals surface area contributed by atoms with Crippen LogP contribution < -0.4 is 0 Å². The number of halogens is 1. The molecule has 96 valence electrons. The largest absolute Gasteiger partial charge is 0.348 e. The van der Waals surface area contributed by atoms with E-state index in [0.717, 1.165) is 0 Å². The Balaban J connectivity index is 4.68. The predicted octanol–water partition coefficient (Wildman–Crippen LogP) is 0.355. The number of amides is 1. The van der Waals surface area contributed by atoms with Crippen LogP contribution in [-0.2, 0) is 14.8 Å². The van der Waals surface area contributed by atoms with Gasteiger partial charge < -0.3 is 4.90 Å². The first-order chi connectivity index (χ1) is 7.35. The third kappa shape index (κ3) is 5.14. The molecule has 5 nitrogen and oxygen atoms in total. The van der Waals surface area contributed by atoms with Crippen molar-refractivity contribution in [1.29, 1.82) is 0 Å². The van der Waals surface area contributed by atoms with Gasteiger partial charge in [-0.1, -0.05) is 6.92 Å². The number of carbonyl (C=O) groups is 1. The number of rotatable bonds is 7. The number of carbonyl (C=O) groups excluding carboxylic acids is 1. The molecule has 0 unspecified atom stereocenters. The highest BCUT2D eigenvalue weighted by Gasteiger charge is 2.23. The zero-order chi connectivity index (χ0) is 12.8. The van der Waals surface area contributed by atoms with E-state index in [1.54, 1.807) is 14.1 Å². The van der Waals surface area contributed by atoms with Crippen molar-refractivity contribution in [2.75, 3.05) is 38.8 Å². The van der Waals surface area contributed by atoms with Gasteiger partial charge in [0.1, 0.15) is 0 Å². The second-order valence-electron chi connectivity index (χ2n) is 3.63. The Morgan fingerprint density at radius 3 is 2.25 bits per heavy atom. The Morgan fingerprint density at radius 2 is 1.88 bits per heavy atom. The summed E-state index contributed by atoms with van der Waals surface area (Å²) < 4.78 is 24.7. The molecule has 0 aliphatic rings. The maximum atomic E-state index is 11.7. The van der Waals surface area contributed by atoms with E-state index in [1.165, 1.54) is 9.21 Å². The number of sulfonamides is 1. The lowest BCUT2D eigenvalue weighted by Gasteiger charge is -2.22. The lowest BCUT2D eigenvalue weighted by Crippen LogP contribution is -2.41. The van der Waals surface area contributed by atoms with Crippen molar-refractivity contribution < 1.29 is 13.2 Å². The van der Waals surface area contributed by atoms with Crippen LogP contribution in [0.1, 0.15) is 13.3 Å². The fraction of sp³-hybridized carbons (Fsp3) is 0.889. The summed E-state index contributed by atoms with van der Waals surface area (Å²) in [4.78, 5) is 12.8. The Hall–Kier alpha value is -0.330. The van der Waals surface area contributed by atoms with Gasteiger partial charge in [0.05, 0.1) is 12.3 Å². The second-order valence-corrected chi connectivity index (χ2v) is 6.09. The molecule has 0 fully saturated rings. The van der Waals surface area contributed by atoms with Gasteiger partial charge in [-0.3, -0.25) is 4.79 Å². The number of hydrogen-bond donors (Lipinski definition) is 0. The molecule has 0 atom stereocenters. The average Bonchev–Trinajstić information content (AvgIpc) is 2.16. The number of hydrogen-bond acceptors (Lipinski definition) is 3. The van der Waals surface area contributed by atoms with E-state index in [0.29, 0.717) is 13.0 Å². The van der Waals surface area contributed by atoms with Crippen LogP contribution in [0.2, 0.25) is 0 Å². The van der Waals surface area contributed by atoms with Crippen LogP contribution in [-0.4, -0.2) is 62.3 Å². The fourth-order valence-electron chi connectivity index (χ4n) is 1.08. The summed E-state index contributed by atoms with van der Waals surface area (Å²) in [5, 5.41) is 0. The third-order valence-corrected chi connectivity index (χ3v) is 4.24. The molecule has 0 aromatic carbocycles. The van der Waals surface area contributed by atoms with Crippen molar-refractivity contribution >= 4 is 27.5 Å². The quantitative estimate of drug-likeness (QED) is 0.628. The maximum absolute atomic E-state index is 11.7. The topological polar surface area (TPSA) is 57.7 Å². The van der Waals surface area contributed by atoms with E-state index in [4.69, 9.17) is 11.6 Å². The van der Waals surface area contributed by atoms with E-state index in [-0.39, 0.29) is 24.1 Å². The molecule has 0 saturated carbocycles. The van der Waals surface area contributed by atoms with E-state index in [1.807, 2.05) is 6.92 Å². The number of likely N-dealkylation sites (N-methyl/N-ethyl adjacent to an activating group) is 1. The molecule has 7 heteroatoms. The third-order valence-electron chi connectivity index (χ3n) is 2.01. The van der Waals surface area contributed by atoms with E-state index >= 15 is 0 Å². The lowest BCUT2D eigenvalue weighted by molar-refractivity contribution is -0.128. The lowest BCUT2D eigenvalue weighted by atomic mass is 10.4. The van der Waals surface area contributed by atoms with Gasteiger partial charge in [-0.05, 0) is 6.42 Å². The molecule has 0 N–H and O–H groups in total. The van der Waals surface area contributed by atoms with Crippen molar-refractivity contribution in [2.24, 2.45) is 0 Å². The average molecular weight is 271 g/mol. The van der Waals surface area contributed by atoms with E-state index in [2.05, 4.69) is 0 Å². The Labute approximate surface area is 102 Å². The minimum atomic E-state index is -3.41. The molecular formula is C9H19ClN2O3S. The minimum absolute atomic E-state index is 0.0404. The molecule has 0 bridgehead atoms. The summed E-state index contributed by atoms with van der Waals surface area (Å²) in [5.41, 5.74) is 0. The van der Waals surface area contributed by atoms with Gasteiger partial charge in [0.25, 0.3) is 0 Å². The van der Waals surface area contributed by atoms with Crippen molar-refractivity contribution in [3.05, 3.63) is 0 Å². The van der Waals surface area contributed by atoms with Gasteiger partial charge in [-0.25, -0.2) is 8.42 Å². The van der Waals surface area contributed by atoms with Crippen molar-refractivity contribution in [3.8, 4) is 0 Å². The molecule has 0 aliphatic carbocycles. The van der Waals surface area contributed by atoms with Crippen LogP contribution in [0.25, 0.3) is 0 Å². The van der Waals surface area contributed by atoms with E-state index in [9.17, 15) is 13.2 Å². The SMILES string of the molecule is CCCN(CC(=O)N(C)C)S(=O)(=O)CCCl. The van der Waals surface area contributed by atoms with Crippen LogP contribution >= 0.6 is 11.6 Å². The van der Waals surface area contributed by atoms with Gasteiger partial charge in [0, 0.05) is 26.5 Å². The fourth-order valence-corrected chi connectivity index (χ4v) is 2.89. The van der Waals surface area contributed by atoms with Crippen molar-refractivity contribution in [3.63, 3.8) is 0 Å². The Bertz CT molecular complexity index is 317. The highest BCUT2D eigenvalue weighted by molar-refractivity contribution is 7.89. The molecule has 0 rings (SSSR count). The Kier molecular flexibility index (Phi) is 6.94. The van der Waals surface area contributed by atoms with Crippen LogP contribution in [0.3, 0.4) is 0 Å².